The van der Waals surface area contributed by atoms with Crippen LogP contribution in [0.3, 0.4) is 0 Å². The number of aromatic nitrogens is 1. The summed E-state index contributed by atoms with van der Waals surface area (Å²) in [5.41, 5.74) is 0.633. The van der Waals surface area contributed by atoms with Crippen molar-refractivity contribution in [1.29, 1.82) is 0 Å². The van der Waals surface area contributed by atoms with Crippen molar-refractivity contribution in [2.24, 2.45) is 5.92 Å². The summed E-state index contributed by atoms with van der Waals surface area (Å²) in [6.45, 7) is 1.87. The van der Waals surface area contributed by atoms with E-state index in [1.807, 2.05) is 0 Å². The van der Waals surface area contributed by atoms with Crippen LogP contribution in [0.4, 0.5) is 4.39 Å². The average Bonchev–Trinajstić information content (AvgIpc) is 3.41. The predicted molar refractivity (Wildman–Crippen MR) is 131 cm³/mol. The zero-order chi connectivity index (χ0) is 26.4. The molecule has 1 aliphatic carbocycles. The number of halogens is 1. The molecule has 1 saturated heterocycles. The summed E-state index contributed by atoms with van der Waals surface area (Å²) in [4.78, 5) is 29.8. The third-order valence-electron chi connectivity index (χ3n) is 6.82. The second-order valence-electron chi connectivity index (χ2n) is 9.51. The van der Waals surface area contributed by atoms with Gasteiger partial charge in [-0.1, -0.05) is 25.0 Å². The summed E-state index contributed by atoms with van der Waals surface area (Å²) >= 11 is 0. The van der Waals surface area contributed by atoms with Crippen molar-refractivity contribution in [1.82, 2.24) is 10.3 Å². The van der Waals surface area contributed by atoms with E-state index in [9.17, 15) is 19.1 Å². The van der Waals surface area contributed by atoms with E-state index >= 15 is 0 Å². The molecule has 2 N–H and O–H groups in total. The Bertz CT molecular complexity index is 1070. The highest BCUT2D eigenvalue weighted by Crippen LogP contribution is 2.30. The number of amides is 1. The predicted octanol–water partition coefficient (Wildman–Crippen LogP) is 3.18. The van der Waals surface area contributed by atoms with E-state index in [0.29, 0.717) is 6.42 Å². The number of pyridine rings is 1. The molecule has 1 aromatic carbocycles. The molecule has 1 amide bonds. The summed E-state index contributed by atoms with van der Waals surface area (Å²) in [7, 11) is 1.36. The zero-order valence-corrected chi connectivity index (χ0v) is 21.0. The van der Waals surface area contributed by atoms with E-state index in [1.54, 1.807) is 19.1 Å². The number of hydrogen-bond acceptors (Lipinski definition) is 8. The van der Waals surface area contributed by atoms with E-state index in [1.165, 1.54) is 31.5 Å². The van der Waals surface area contributed by atoms with Gasteiger partial charge < -0.3 is 29.4 Å². The van der Waals surface area contributed by atoms with E-state index in [4.69, 9.17) is 18.9 Å². The van der Waals surface area contributed by atoms with E-state index in [0.717, 1.165) is 31.2 Å². The first kappa shape index (κ1) is 26.8. The zero-order valence-electron chi connectivity index (χ0n) is 21.0. The van der Waals surface area contributed by atoms with Crippen molar-refractivity contribution in [2.75, 3.05) is 20.3 Å². The number of hydrogen-bond donors (Lipinski definition) is 2. The lowest BCUT2D eigenvalue weighted by Gasteiger charge is -2.33. The number of carbonyl (C=O) groups is 2. The maximum absolute atomic E-state index is 13.5. The molecule has 2 heterocycles. The molecule has 37 heavy (non-hydrogen) atoms. The quantitative estimate of drug-likeness (QED) is 0.539. The normalized spacial score (nSPS) is 25.0. The molecule has 10 heteroatoms. The highest BCUT2D eigenvalue weighted by molar-refractivity contribution is 5.98. The third kappa shape index (κ3) is 6.75. The van der Waals surface area contributed by atoms with Crippen LogP contribution in [0.1, 0.15) is 48.7 Å². The van der Waals surface area contributed by atoms with Gasteiger partial charge in [0.1, 0.15) is 11.9 Å². The Kier molecular flexibility index (Phi) is 8.94. The lowest BCUT2D eigenvalue weighted by molar-refractivity contribution is -0.164. The van der Waals surface area contributed by atoms with Crippen LogP contribution < -0.4 is 10.1 Å². The Labute approximate surface area is 215 Å². The van der Waals surface area contributed by atoms with Gasteiger partial charge in [0.05, 0.1) is 32.5 Å². The Balaban J connectivity index is 1.51. The summed E-state index contributed by atoms with van der Waals surface area (Å²) < 4.78 is 36.7. The van der Waals surface area contributed by atoms with Crippen LogP contribution in [0.15, 0.2) is 36.5 Å². The lowest BCUT2D eigenvalue weighted by Crippen LogP contribution is -2.47. The number of aromatic hydroxyl groups is 1. The maximum Gasteiger partial charge on any atom is 0.331 e. The molecule has 2 aromatic rings. The van der Waals surface area contributed by atoms with Gasteiger partial charge in [-0.3, -0.25) is 4.79 Å². The van der Waals surface area contributed by atoms with Gasteiger partial charge in [0.25, 0.3) is 5.91 Å². The molecule has 1 saturated carbocycles. The number of nitrogens with zero attached hydrogens (tertiary/aromatic N) is 1. The number of ether oxygens (including phenoxy) is 4. The molecule has 0 unspecified atom stereocenters. The van der Waals surface area contributed by atoms with Crippen molar-refractivity contribution in [2.45, 2.75) is 63.4 Å². The number of carbonyl (C=O) groups excluding carboxylic acids is 2. The van der Waals surface area contributed by atoms with Gasteiger partial charge >= 0.3 is 5.97 Å². The third-order valence-corrected chi connectivity index (χ3v) is 6.82. The second kappa shape index (κ2) is 12.3. The standard InChI is InChI=1S/C27H33FN2O7/c1-16-25(37-20-5-3-4-6-20)18(13-17-7-9-19(28)10-8-17)14-35-15-21(27(33)36-16)30-26(32)23-24(31)22(34-2)11-12-29-23/h7-12,16,18,20-21,25,31H,3-6,13-15H2,1-2H3,(H,30,32)/t16-,18-,21-,25-/m0/s1. The fourth-order valence-electron chi connectivity index (χ4n) is 4.88. The van der Waals surface area contributed by atoms with Crippen LogP contribution in [0, 0.1) is 11.7 Å². The first-order valence-electron chi connectivity index (χ1n) is 12.6. The van der Waals surface area contributed by atoms with Crippen LogP contribution in [0.5, 0.6) is 11.5 Å². The van der Waals surface area contributed by atoms with Crippen LogP contribution in [0.25, 0.3) is 0 Å². The highest BCUT2D eigenvalue weighted by Gasteiger charge is 2.37. The Morgan fingerprint density at radius 2 is 1.92 bits per heavy atom. The van der Waals surface area contributed by atoms with Gasteiger partial charge in [-0.2, -0.15) is 0 Å². The molecule has 9 nitrogen and oxygen atoms in total. The summed E-state index contributed by atoms with van der Waals surface area (Å²) in [5, 5.41) is 12.8. The first-order valence-corrected chi connectivity index (χ1v) is 12.6. The van der Waals surface area contributed by atoms with E-state index < -0.39 is 35.9 Å². The van der Waals surface area contributed by atoms with E-state index in [2.05, 4.69) is 10.3 Å². The summed E-state index contributed by atoms with van der Waals surface area (Å²) in [6, 6.07) is 6.56. The fraction of sp³-hybridized carbons (Fsp3) is 0.519. The number of benzene rings is 1. The molecular weight excluding hydrogens is 483 g/mol. The molecule has 200 valence electrons. The van der Waals surface area contributed by atoms with E-state index in [-0.39, 0.29) is 42.5 Å². The highest BCUT2D eigenvalue weighted by atomic mass is 19.1. The monoisotopic (exact) mass is 516 g/mol. The summed E-state index contributed by atoms with van der Waals surface area (Å²) in [6.07, 6.45) is 4.91. The van der Waals surface area contributed by atoms with Crippen molar-refractivity contribution < 1.29 is 38.0 Å². The SMILES string of the molecule is COc1ccnc(C(=O)N[C@H]2COC[C@H](Cc3ccc(F)cc3)[C@@H](OC3CCCC3)[C@H](C)OC2=O)c1O. The fourth-order valence-corrected chi connectivity index (χ4v) is 4.88. The maximum atomic E-state index is 13.5. The minimum Gasteiger partial charge on any atom is -0.503 e. The number of nitrogens with one attached hydrogen (secondary N) is 1. The van der Waals surface area contributed by atoms with Gasteiger partial charge in [-0.15, -0.1) is 0 Å². The molecule has 1 aliphatic heterocycles. The Hall–Kier alpha value is -3.24. The first-order chi connectivity index (χ1) is 17.9. The summed E-state index contributed by atoms with van der Waals surface area (Å²) in [5.74, 6) is -2.28. The van der Waals surface area contributed by atoms with Crippen molar-refractivity contribution in [3.05, 3.63) is 53.6 Å². The topological polar surface area (TPSA) is 116 Å². The van der Waals surface area contributed by atoms with Gasteiger partial charge in [0, 0.05) is 18.2 Å². The number of esters is 1. The molecule has 0 radical (unpaired) electrons. The van der Waals surface area contributed by atoms with Gasteiger partial charge in [0.2, 0.25) is 0 Å². The molecule has 0 spiro atoms. The van der Waals surface area contributed by atoms with Gasteiger partial charge in [-0.25, -0.2) is 14.2 Å². The number of methoxy groups -OCH3 is 1. The minimum atomic E-state index is -1.13. The van der Waals surface area contributed by atoms with Gasteiger partial charge in [-0.05, 0) is 43.9 Å². The molecular formula is C27H33FN2O7. The molecule has 4 atom stereocenters. The van der Waals surface area contributed by atoms with Crippen LogP contribution in [-0.2, 0) is 25.4 Å². The van der Waals surface area contributed by atoms with Crippen molar-refractivity contribution in [3.63, 3.8) is 0 Å². The molecule has 1 aromatic heterocycles. The Morgan fingerprint density at radius 3 is 2.62 bits per heavy atom. The van der Waals surface area contributed by atoms with Crippen LogP contribution >= 0.6 is 0 Å². The number of rotatable bonds is 7. The largest absolute Gasteiger partial charge is 0.503 e. The van der Waals surface area contributed by atoms with Crippen LogP contribution in [-0.4, -0.2) is 66.6 Å². The van der Waals surface area contributed by atoms with Gasteiger partial charge in [0.15, 0.2) is 23.2 Å². The Morgan fingerprint density at radius 1 is 1.19 bits per heavy atom. The lowest BCUT2D eigenvalue weighted by atomic mass is 9.91. The minimum absolute atomic E-state index is 0.0697. The molecule has 2 fully saturated rings. The molecule has 0 bridgehead atoms. The molecule has 4 rings (SSSR count). The smallest absolute Gasteiger partial charge is 0.331 e. The average molecular weight is 517 g/mol. The molecule has 2 aliphatic rings. The van der Waals surface area contributed by atoms with Crippen LogP contribution in [0.2, 0.25) is 0 Å². The van der Waals surface area contributed by atoms with Crippen molar-refractivity contribution in [3.8, 4) is 11.5 Å². The number of cyclic esters (lactones) is 1. The second-order valence-corrected chi connectivity index (χ2v) is 9.51. The van der Waals surface area contributed by atoms with Crippen molar-refractivity contribution >= 4 is 11.9 Å².